The van der Waals surface area contributed by atoms with Gasteiger partial charge in [0.05, 0.1) is 0 Å². The largest absolute Gasteiger partial charge is 0.179 e. The van der Waals surface area contributed by atoms with Gasteiger partial charge in [0.15, 0.2) is 0 Å². The van der Waals surface area contributed by atoms with Crippen LogP contribution in [-0.2, 0) is 19.5 Å². The second-order valence-electron chi connectivity index (χ2n) is 7.81. The summed E-state index contributed by atoms with van der Waals surface area (Å²) in [5, 5.41) is 0. The van der Waals surface area contributed by atoms with E-state index in [0.717, 1.165) is 11.5 Å². The predicted molar refractivity (Wildman–Crippen MR) is 131 cm³/mol. The fraction of sp³-hybridized carbons (Fsp3) is 1.00. The Bertz CT molecular complexity index is 171. The van der Waals surface area contributed by atoms with Gasteiger partial charge in [-0.1, -0.05) is 129 Å². The number of thiol groups is 2. The van der Waals surface area contributed by atoms with Crippen molar-refractivity contribution in [2.24, 2.45) is 0 Å². The number of hydrogen-bond donors (Lipinski definition) is 2. The van der Waals surface area contributed by atoms with Crippen LogP contribution in [-0.4, -0.2) is 11.5 Å². The Labute approximate surface area is 197 Å². The van der Waals surface area contributed by atoms with Gasteiger partial charge < -0.3 is 0 Å². The second-order valence-corrected chi connectivity index (χ2v) is 8.71. The van der Waals surface area contributed by atoms with E-state index in [1.165, 1.54) is 128 Å². The van der Waals surface area contributed by atoms with Gasteiger partial charge in [-0.25, -0.2) is 0 Å². The van der Waals surface area contributed by atoms with Gasteiger partial charge in [-0.15, -0.1) is 0 Å². The molecule has 0 aromatic heterocycles. The van der Waals surface area contributed by atoms with Crippen molar-refractivity contribution in [2.45, 2.75) is 142 Å². The van der Waals surface area contributed by atoms with Gasteiger partial charge in [-0.3, -0.25) is 0 Å². The van der Waals surface area contributed by atoms with Crippen LogP contribution in [0.25, 0.3) is 0 Å². The monoisotopic (exact) mass is 468 g/mol. The normalized spacial score (nSPS) is 10.2. The summed E-state index contributed by atoms with van der Waals surface area (Å²) in [5.41, 5.74) is 0. The Morgan fingerprint density at radius 3 is 0.704 bits per heavy atom. The summed E-state index contributed by atoms with van der Waals surface area (Å²) in [5.74, 6) is 2.13. The van der Waals surface area contributed by atoms with E-state index in [-0.39, 0.29) is 19.5 Å². The van der Waals surface area contributed by atoms with Gasteiger partial charge in [0.25, 0.3) is 0 Å². The third-order valence-electron chi connectivity index (χ3n) is 5.02. The molecule has 0 fully saturated rings. The molecule has 27 heavy (non-hydrogen) atoms. The van der Waals surface area contributed by atoms with Crippen LogP contribution < -0.4 is 0 Å². The molecule has 0 aromatic carbocycles. The first kappa shape index (κ1) is 33.0. The van der Waals surface area contributed by atoms with Crippen molar-refractivity contribution in [1.29, 1.82) is 0 Å². The molecule has 0 N–H and O–H groups in total. The summed E-state index contributed by atoms with van der Waals surface area (Å²) < 4.78 is 0. The van der Waals surface area contributed by atoms with Gasteiger partial charge in [-0.05, 0) is 24.3 Å². The molecule has 0 saturated heterocycles. The van der Waals surface area contributed by atoms with Crippen LogP contribution in [0.2, 0.25) is 0 Å². The van der Waals surface area contributed by atoms with E-state index < -0.39 is 0 Å². The van der Waals surface area contributed by atoms with Crippen LogP contribution in [0.3, 0.4) is 0 Å². The zero-order chi connectivity index (χ0) is 19.6. The van der Waals surface area contributed by atoms with E-state index in [9.17, 15) is 0 Å². The van der Waals surface area contributed by atoms with Gasteiger partial charge in [0.2, 0.25) is 0 Å². The van der Waals surface area contributed by atoms with Crippen LogP contribution >= 0.6 is 25.3 Å². The quantitative estimate of drug-likeness (QED) is 0.0988. The molecule has 0 aromatic rings. The molecule has 0 rings (SSSR count). The van der Waals surface area contributed by atoms with E-state index in [1.54, 1.807) is 0 Å². The van der Waals surface area contributed by atoms with Gasteiger partial charge in [0, 0.05) is 19.5 Å². The summed E-state index contributed by atoms with van der Waals surface area (Å²) in [6.07, 6.45) is 28.4. The number of rotatable bonds is 20. The summed E-state index contributed by atoms with van der Waals surface area (Å²) >= 11 is 8.40. The van der Waals surface area contributed by atoms with Crippen molar-refractivity contribution in [2.75, 3.05) is 11.5 Å². The number of hydrogen-bond acceptors (Lipinski definition) is 2. The van der Waals surface area contributed by atoms with E-state index in [1.807, 2.05) is 0 Å². The SMILES string of the molecule is CCCCCCCCCCCCS.CCCCCCCCCCCCS.[Zn]. The average Bonchev–Trinajstić information content (AvgIpc) is 2.66. The Hall–Kier alpha value is 1.32. The zero-order valence-corrected chi connectivity index (χ0v) is 23.9. The van der Waals surface area contributed by atoms with Crippen molar-refractivity contribution in [1.82, 2.24) is 0 Å². The van der Waals surface area contributed by atoms with E-state index in [0.29, 0.717) is 0 Å². The molecule has 3 heteroatoms. The van der Waals surface area contributed by atoms with E-state index in [2.05, 4.69) is 39.1 Å². The van der Waals surface area contributed by atoms with Crippen LogP contribution in [0.4, 0.5) is 0 Å². The summed E-state index contributed by atoms with van der Waals surface area (Å²) in [4.78, 5) is 0. The number of unbranched alkanes of at least 4 members (excludes halogenated alkanes) is 18. The molecule has 162 valence electrons. The maximum atomic E-state index is 4.20. The predicted octanol–water partition coefficient (Wildman–Crippen LogP) is 9.67. The molecule has 0 spiro atoms. The molecule has 0 aliphatic carbocycles. The third kappa shape index (κ3) is 38.5. The summed E-state index contributed by atoms with van der Waals surface area (Å²) in [6, 6.07) is 0. The van der Waals surface area contributed by atoms with Crippen molar-refractivity contribution in [3.63, 3.8) is 0 Å². The van der Waals surface area contributed by atoms with Crippen molar-refractivity contribution < 1.29 is 19.5 Å². The smallest absolute Gasteiger partial charge is 0 e. The zero-order valence-electron chi connectivity index (χ0n) is 19.2. The first-order valence-electron chi connectivity index (χ1n) is 12.0. The summed E-state index contributed by atoms with van der Waals surface area (Å²) in [7, 11) is 0. The maximum absolute atomic E-state index is 4.20. The second kappa shape index (κ2) is 34.8. The molecule has 0 bridgehead atoms. The molecule has 0 saturated carbocycles. The minimum absolute atomic E-state index is 0. The van der Waals surface area contributed by atoms with Crippen molar-refractivity contribution in [3.05, 3.63) is 0 Å². The van der Waals surface area contributed by atoms with Crippen LogP contribution in [0.1, 0.15) is 142 Å². The van der Waals surface area contributed by atoms with Crippen LogP contribution in [0.5, 0.6) is 0 Å². The van der Waals surface area contributed by atoms with Crippen molar-refractivity contribution >= 4 is 25.3 Å². The molecule has 0 nitrogen and oxygen atoms in total. The Kier molecular flexibility index (Phi) is 42.5. The van der Waals surface area contributed by atoms with Gasteiger partial charge in [-0.2, -0.15) is 25.3 Å². The average molecular weight is 470 g/mol. The molecular weight excluding hydrogens is 418 g/mol. The Balaban J connectivity index is -0.000000411. The standard InChI is InChI=1S/2C12H26S.Zn/c2*1-2-3-4-5-6-7-8-9-10-11-12-13;/h2*13H,2-12H2,1H3;. The minimum Gasteiger partial charge on any atom is -0.179 e. The van der Waals surface area contributed by atoms with Gasteiger partial charge >= 0.3 is 0 Å². The fourth-order valence-corrected chi connectivity index (χ4v) is 3.65. The van der Waals surface area contributed by atoms with Crippen molar-refractivity contribution in [3.8, 4) is 0 Å². The maximum Gasteiger partial charge on any atom is 0 e. The molecule has 0 atom stereocenters. The van der Waals surface area contributed by atoms with E-state index in [4.69, 9.17) is 0 Å². The molecule has 0 aliphatic rings. The molecule has 0 amide bonds. The fourth-order valence-electron chi connectivity index (χ4n) is 3.20. The molecule has 0 heterocycles. The molecule has 0 unspecified atom stereocenters. The minimum atomic E-state index is 0. The Morgan fingerprint density at radius 2 is 0.519 bits per heavy atom. The molecular formula is C24H52S2Zn. The van der Waals surface area contributed by atoms with Crippen LogP contribution in [0.15, 0.2) is 0 Å². The Morgan fingerprint density at radius 1 is 0.333 bits per heavy atom. The van der Waals surface area contributed by atoms with Crippen LogP contribution in [0, 0.1) is 0 Å². The first-order valence-corrected chi connectivity index (χ1v) is 13.3. The molecule has 0 radical (unpaired) electrons. The topological polar surface area (TPSA) is 0 Å². The third-order valence-corrected chi connectivity index (χ3v) is 5.66. The summed E-state index contributed by atoms with van der Waals surface area (Å²) in [6.45, 7) is 4.55. The first-order chi connectivity index (χ1) is 12.8. The van der Waals surface area contributed by atoms with E-state index >= 15 is 0 Å². The van der Waals surface area contributed by atoms with Gasteiger partial charge in [0.1, 0.15) is 0 Å². The molecule has 0 aliphatic heterocycles.